The molecule has 2 amide bonds. The van der Waals surface area contributed by atoms with Crippen LogP contribution in [0.4, 0.5) is 18.9 Å². The quantitative estimate of drug-likeness (QED) is 0.433. The fourth-order valence-corrected chi connectivity index (χ4v) is 3.07. The molecule has 1 N–H and O–H groups in total. The minimum absolute atomic E-state index is 0.220. The summed E-state index contributed by atoms with van der Waals surface area (Å²) in [6.07, 6.45) is -4.09. The molecule has 2 aromatic rings. The van der Waals surface area contributed by atoms with Gasteiger partial charge in [0.15, 0.2) is 10.8 Å². The van der Waals surface area contributed by atoms with Gasteiger partial charge in [0.2, 0.25) is 0 Å². The van der Waals surface area contributed by atoms with Crippen LogP contribution >= 0.6 is 35.4 Å². The second-order valence-electron chi connectivity index (χ2n) is 5.61. The largest absolute Gasteiger partial charge is 0.435 e. The number of nitrogens with one attached hydrogen (secondary N) is 1. The number of amides is 2. The third-order valence-corrected chi connectivity index (χ3v) is 4.74. The van der Waals surface area contributed by atoms with Crippen LogP contribution in [0.3, 0.4) is 0 Å². The Balaban J connectivity index is 2.11. The van der Waals surface area contributed by atoms with Gasteiger partial charge in [-0.1, -0.05) is 23.2 Å². The van der Waals surface area contributed by atoms with Gasteiger partial charge in [-0.25, -0.2) is 0 Å². The van der Waals surface area contributed by atoms with Crippen molar-refractivity contribution in [2.45, 2.75) is 6.18 Å². The van der Waals surface area contributed by atoms with Gasteiger partial charge < -0.3 is 0 Å². The van der Waals surface area contributed by atoms with Crippen molar-refractivity contribution in [1.29, 1.82) is 0 Å². The van der Waals surface area contributed by atoms with E-state index in [4.69, 9.17) is 35.4 Å². The molecule has 3 rings (SSSR count). The van der Waals surface area contributed by atoms with Crippen molar-refractivity contribution in [3.05, 3.63) is 51.3 Å². The lowest BCUT2D eigenvalue weighted by Gasteiger charge is -2.28. The molecule has 146 valence electrons. The van der Waals surface area contributed by atoms with E-state index in [1.54, 1.807) is 0 Å². The van der Waals surface area contributed by atoms with Gasteiger partial charge in [0, 0.05) is 17.6 Å². The molecule has 1 aliphatic rings. The molecule has 1 aromatic carbocycles. The second kappa shape index (κ2) is 7.19. The molecule has 0 spiro atoms. The lowest BCUT2D eigenvalue weighted by atomic mass is 10.1. The van der Waals surface area contributed by atoms with Crippen LogP contribution in [-0.2, 0) is 22.8 Å². The Bertz CT molecular complexity index is 1030. The molecule has 0 bridgehead atoms. The van der Waals surface area contributed by atoms with Crippen molar-refractivity contribution in [2.24, 2.45) is 7.05 Å². The van der Waals surface area contributed by atoms with Gasteiger partial charge in [-0.3, -0.25) is 24.5 Å². The first-order valence-corrected chi connectivity index (χ1v) is 8.64. The Hall–Kier alpha value is -2.43. The molecule has 1 fully saturated rings. The van der Waals surface area contributed by atoms with Gasteiger partial charge in [-0.15, -0.1) is 0 Å². The van der Waals surface area contributed by atoms with E-state index >= 15 is 0 Å². The predicted molar refractivity (Wildman–Crippen MR) is 101 cm³/mol. The van der Waals surface area contributed by atoms with Crippen LogP contribution in [0.15, 0.2) is 29.8 Å². The van der Waals surface area contributed by atoms with E-state index in [0.29, 0.717) is 5.02 Å². The maximum Gasteiger partial charge on any atom is 0.435 e. The molecule has 12 heteroatoms. The van der Waals surface area contributed by atoms with E-state index < -0.39 is 34.8 Å². The van der Waals surface area contributed by atoms with Crippen LogP contribution in [0.1, 0.15) is 11.3 Å². The molecule has 1 saturated heterocycles. The lowest BCUT2D eigenvalue weighted by molar-refractivity contribution is -0.141. The zero-order valence-electron chi connectivity index (χ0n) is 13.8. The van der Waals surface area contributed by atoms with Crippen LogP contribution in [0.2, 0.25) is 10.2 Å². The number of thiocarbonyl (C=S) groups is 1. The Morgan fingerprint density at radius 3 is 2.36 bits per heavy atom. The van der Waals surface area contributed by atoms with Crippen molar-refractivity contribution >= 4 is 64.1 Å². The Morgan fingerprint density at radius 1 is 1.18 bits per heavy atom. The van der Waals surface area contributed by atoms with Crippen LogP contribution in [0.25, 0.3) is 6.08 Å². The fourth-order valence-electron chi connectivity index (χ4n) is 2.48. The number of aromatic nitrogens is 2. The van der Waals surface area contributed by atoms with Crippen molar-refractivity contribution < 1.29 is 22.8 Å². The molecule has 6 nitrogen and oxygen atoms in total. The van der Waals surface area contributed by atoms with E-state index in [9.17, 15) is 22.8 Å². The lowest BCUT2D eigenvalue weighted by Crippen LogP contribution is -2.54. The average molecular weight is 449 g/mol. The number of hydrogen-bond acceptors (Lipinski definition) is 4. The summed E-state index contributed by atoms with van der Waals surface area (Å²) in [7, 11) is 1.21. The smallest absolute Gasteiger partial charge is 0.298 e. The molecule has 0 aliphatic carbocycles. The number of rotatable bonds is 2. The molecule has 0 unspecified atom stereocenters. The first-order valence-electron chi connectivity index (χ1n) is 7.47. The number of aryl methyl sites for hydroxylation is 1. The molecule has 28 heavy (non-hydrogen) atoms. The van der Waals surface area contributed by atoms with Crippen LogP contribution < -0.4 is 10.2 Å². The Kier molecular flexibility index (Phi) is 5.22. The molecule has 1 aliphatic heterocycles. The Morgan fingerprint density at radius 2 is 1.79 bits per heavy atom. The van der Waals surface area contributed by atoms with Crippen LogP contribution in [0, 0.1) is 0 Å². The van der Waals surface area contributed by atoms with Gasteiger partial charge in [-0.2, -0.15) is 18.3 Å². The maximum atomic E-state index is 13.2. The summed E-state index contributed by atoms with van der Waals surface area (Å²) in [5.41, 5.74) is -2.22. The van der Waals surface area contributed by atoms with Gasteiger partial charge in [0.05, 0.1) is 5.69 Å². The fraction of sp³-hybridized carbons (Fsp3) is 0.125. The van der Waals surface area contributed by atoms with E-state index in [1.807, 2.05) is 0 Å². The summed E-state index contributed by atoms with van der Waals surface area (Å²) in [6, 6.07) is 5.93. The summed E-state index contributed by atoms with van der Waals surface area (Å²) in [5.74, 6) is -1.86. The van der Waals surface area contributed by atoms with Crippen molar-refractivity contribution in [3.63, 3.8) is 0 Å². The van der Waals surface area contributed by atoms with Crippen molar-refractivity contribution in [1.82, 2.24) is 15.1 Å². The van der Waals surface area contributed by atoms with Gasteiger partial charge >= 0.3 is 6.18 Å². The first-order chi connectivity index (χ1) is 13.0. The van der Waals surface area contributed by atoms with E-state index in [2.05, 4.69) is 10.4 Å². The summed E-state index contributed by atoms with van der Waals surface area (Å²) in [4.78, 5) is 26.1. The number of alkyl halides is 3. The number of nitrogens with zero attached hydrogens (tertiary/aromatic N) is 3. The van der Waals surface area contributed by atoms with Crippen molar-refractivity contribution in [2.75, 3.05) is 4.90 Å². The highest BCUT2D eigenvalue weighted by Gasteiger charge is 2.40. The molecule has 2 heterocycles. The molecule has 0 atom stereocenters. The number of hydrogen-bond donors (Lipinski definition) is 1. The van der Waals surface area contributed by atoms with E-state index in [-0.39, 0.29) is 16.0 Å². The number of carbonyl (C=O) groups is 2. The third kappa shape index (κ3) is 3.62. The minimum atomic E-state index is -4.84. The third-order valence-electron chi connectivity index (χ3n) is 3.76. The standard InChI is InChI=1S/C16H9Cl2F3N4O2S/c1-24-12(18)9(11(23-24)16(19,20)21)6-10-13(26)22-15(28)25(14(10)27)8-4-2-7(17)3-5-8/h2-6H,1H3,(H,22,26,28). The monoisotopic (exact) mass is 448 g/mol. The average Bonchev–Trinajstić information content (AvgIpc) is 2.88. The maximum absolute atomic E-state index is 13.2. The molecule has 1 aromatic heterocycles. The number of anilines is 1. The molecule has 0 radical (unpaired) electrons. The topological polar surface area (TPSA) is 67.2 Å². The normalized spacial score (nSPS) is 16.7. The van der Waals surface area contributed by atoms with Gasteiger partial charge in [0.25, 0.3) is 11.8 Å². The van der Waals surface area contributed by atoms with Crippen LogP contribution in [-0.4, -0.2) is 26.7 Å². The van der Waals surface area contributed by atoms with Gasteiger partial charge in [0.1, 0.15) is 10.7 Å². The van der Waals surface area contributed by atoms with E-state index in [0.717, 1.165) is 15.7 Å². The zero-order chi connectivity index (χ0) is 20.8. The summed E-state index contributed by atoms with van der Waals surface area (Å²) in [6.45, 7) is 0. The van der Waals surface area contributed by atoms with E-state index in [1.165, 1.54) is 31.3 Å². The van der Waals surface area contributed by atoms with Gasteiger partial charge in [-0.05, 0) is 42.6 Å². The summed E-state index contributed by atoms with van der Waals surface area (Å²) in [5, 5.41) is 5.39. The Labute approximate surface area is 171 Å². The highest BCUT2D eigenvalue weighted by atomic mass is 35.5. The highest BCUT2D eigenvalue weighted by molar-refractivity contribution is 7.80. The summed E-state index contributed by atoms with van der Waals surface area (Å²) >= 11 is 16.7. The van der Waals surface area contributed by atoms with Crippen LogP contribution in [0.5, 0.6) is 0 Å². The van der Waals surface area contributed by atoms with Crippen molar-refractivity contribution in [3.8, 4) is 0 Å². The first kappa shape index (κ1) is 20.3. The molecular formula is C16H9Cl2F3N4O2S. The number of halogens is 5. The SMILES string of the molecule is Cn1nc(C(F)(F)F)c(C=C2C(=O)NC(=S)N(c3ccc(Cl)cc3)C2=O)c1Cl. The summed E-state index contributed by atoms with van der Waals surface area (Å²) < 4.78 is 40.5. The highest BCUT2D eigenvalue weighted by Crippen LogP contribution is 2.36. The predicted octanol–water partition coefficient (Wildman–Crippen LogP) is 3.58. The number of carbonyl (C=O) groups excluding carboxylic acids is 2. The molecular weight excluding hydrogens is 440 g/mol. The number of benzene rings is 1. The second-order valence-corrected chi connectivity index (χ2v) is 6.79. The molecule has 0 saturated carbocycles. The zero-order valence-corrected chi connectivity index (χ0v) is 16.2. The minimum Gasteiger partial charge on any atom is -0.298 e.